The van der Waals surface area contributed by atoms with Gasteiger partial charge in [0, 0.05) is 6.54 Å². The van der Waals surface area contributed by atoms with Gasteiger partial charge in [0.2, 0.25) is 0 Å². The van der Waals surface area contributed by atoms with E-state index < -0.39 is 6.09 Å². The van der Waals surface area contributed by atoms with Crippen molar-refractivity contribution in [2.24, 2.45) is 5.10 Å². The molecule has 1 aromatic rings. The summed E-state index contributed by atoms with van der Waals surface area (Å²) in [5, 5.41) is 6.34. The Bertz CT molecular complexity index is 545. The minimum absolute atomic E-state index is 0.0957. The normalized spacial score (nSPS) is 10.1. The summed E-state index contributed by atoms with van der Waals surface area (Å²) in [5.74, 6) is 0.676. The lowest BCUT2D eigenvalue weighted by atomic mass is 10.2. The Morgan fingerprint density at radius 1 is 1.27 bits per heavy atom. The Kier molecular flexibility index (Phi) is 7.24. The molecule has 0 radical (unpaired) electrons. The Morgan fingerprint density at radius 2 is 2.05 bits per heavy atom. The van der Waals surface area contributed by atoms with E-state index in [9.17, 15) is 9.59 Å². The summed E-state index contributed by atoms with van der Waals surface area (Å²) in [4.78, 5) is 22.2. The lowest BCUT2D eigenvalue weighted by Crippen LogP contribution is -2.28. The van der Waals surface area contributed by atoms with Gasteiger partial charge < -0.3 is 19.5 Å². The number of carbonyl (C=O) groups excluding carboxylic acids is 2. The quantitative estimate of drug-likeness (QED) is 0.576. The van der Waals surface area contributed by atoms with E-state index in [0.29, 0.717) is 23.6 Å². The van der Waals surface area contributed by atoms with Crippen molar-refractivity contribution < 1.29 is 23.8 Å². The molecule has 0 unspecified atom stereocenters. The lowest BCUT2D eigenvalue weighted by molar-refractivity contribution is -0.123. The second kappa shape index (κ2) is 9.22. The smallest absolute Gasteiger partial charge is 0.427 e. The Hall–Kier alpha value is -2.77. The van der Waals surface area contributed by atoms with E-state index >= 15 is 0 Å². The highest BCUT2D eigenvalue weighted by Crippen LogP contribution is 2.27. The van der Waals surface area contributed by atoms with Crippen molar-refractivity contribution in [2.75, 3.05) is 27.4 Å². The third kappa shape index (κ3) is 5.70. The minimum Gasteiger partial charge on any atom is -0.493 e. The molecule has 0 saturated heterocycles. The van der Waals surface area contributed by atoms with Crippen LogP contribution in [0.5, 0.6) is 11.5 Å². The molecule has 0 aromatic heterocycles. The van der Waals surface area contributed by atoms with Crippen molar-refractivity contribution in [3.8, 4) is 11.5 Å². The molecule has 0 heterocycles. The van der Waals surface area contributed by atoms with Crippen LogP contribution in [0.15, 0.2) is 23.3 Å². The standard InChI is InChI=1S/C14H19N3O5/c1-4-15-13(18)9-22-11-6-5-10(7-12(11)20-2)8-16-17-14(19)21-3/h5-8H,4,9H2,1-3H3,(H,15,18)(H,17,19)/b16-8-. The number of likely N-dealkylation sites (N-methyl/N-ethyl adjacent to an activating group) is 1. The average Bonchev–Trinajstić information content (AvgIpc) is 2.53. The maximum Gasteiger partial charge on any atom is 0.427 e. The van der Waals surface area contributed by atoms with Crippen molar-refractivity contribution in [1.82, 2.24) is 10.7 Å². The molecule has 0 aliphatic carbocycles. The Balaban J connectivity index is 2.70. The molecule has 8 nitrogen and oxygen atoms in total. The zero-order valence-corrected chi connectivity index (χ0v) is 12.7. The number of benzene rings is 1. The number of methoxy groups -OCH3 is 2. The molecule has 120 valence electrons. The fourth-order valence-corrected chi connectivity index (χ4v) is 1.48. The third-order valence-electron chi connectivity index (χ3n) is 2.48. The molecule has 0 spiro atoms. The van der Waals surface area contributed by atoms with Crippen molar-refractivity contribution in [3.05, 3.63) is 23.8 Å². The summed E-state index contributed by atoms with van der Waals surface area (Å²) in [6.07, 6.45) is 0.762. The summed E-state index contributed by atoms with van der Waals surface area (Å²) in [6.45, 7) is 2.28. The van der Waals surface area contributed by atoms with E-state index in [1.54, 1.807) is 18.2 Å². The van der Waals surface area contributed by atoms with Gasteiger partial charge in [-0.3, -0.25) is 4.79 Å². The van der Waals surface area contributed by atoms with E-state index in [2.05, 4.69) is 20.6 Å². The van der Waals surface area contributed by atoms with E-state index in [4.69, 9.17) is 9.47 Å². The molecule has 0 saturated carbocycles. The van der Waals surface area contributed by atoms with E-state index in [-0.39, 0.29) is 12.5 Å². The van der Waals surface area contributed by atoms with Crippen LogP contribution in [0.3, 0.4) is 0 Å². The third-order valence-corrected chi connectivity index (χ3v) is 2.48. The fourth-order valence-electron chi connectivity index (χ4n) is 1.48. The first-order valence-electron chi connectivity index (χ1n) is 6.55. The second-order valence-electron chi connectivity index (χ2n) is 4.01. The van der Waals surface area contributed by atoms with Crippen LogP contribution < -0.4 is 20.2 Å². The van der Waals surface area contributed by atoms with Gasteiger partial charge in [-0.15, -0.1) is 0 Å². The highest BCUT2D eigenvalue weighted by Gasteiger charge is 2.07. The van der Waals surface area contributed by atoms with E-state index in [1.165, 1.54) is 20.4 Å². The van der Waals surface area contributed by atoms with Crippen LogP contribution in [-0.4, -0.2) is 45.6 Å². The number of hydrogen-bond donors (Lipinski definition) is 2. The number of amides is 2. The van der Waals surface area contributed by atoms with Gasteiger partial charge in [0.25, 0.3) is 5.91 Å². The minimum atomic E-state index is -0.662. The van der Waals surface area contributed by atoms with Gasteiger partial charge in [-0.25, -0.2) is 10.2 Å². The molecular weight excluding hydrogens is 290 g/mol. The van der Waals surface area contributed by atoms with Crippen LogP contribution in [0.2, 0.25) is 0 Å². The van der Waals surface area contributed by atoms with Crippen LogP contribution in [0, 0.1) is 0 Å². The number of ether oxygens (including phenoxy) is 3. The first-order valence-corrected chi connectivity index (χ1v) is 6.55. The summed E-state index contributed by atoms with van der Waals surface area (Å²) in [6, 6.07) is 5.02. The molecule has 0 atom stereocenters. The second-order valence-corrected chi connectivity index (χ2v) is 4.01. The molecule has 8 heteroatoms. The van der Waals surface area contributed by atoms with Crippen molar-refractivity contribution >= 4 is 18.2 Å². The molecule has 1 aromatic carbocycles. The van der Waals surface area contributed by atoms with Gasteiger partial charge in [0.15, 0.2) is 18.1 Å². The zero-order chi connectivity index (χ0) is 16.4. The van der Waals surface area contributed by atoms with Crippen LogP contribution in [-0.2, 0) is 9.53 Å². The molecule has 0 bridgehead atoms. The maximum absolute atomic E-state index is 11.4. The first-order chi connectivity index (χ1) is 10.6. The molecule has 2 amide bonds. The summed E-state index contributed by atoms with van der Waals surface area (Å²) in [7, 11) is 2.73. The van der Waals surface area contributed by atoms with E-state index in [0.717, 1.165) is 0 Å². The predicted octanol–water partition coefficient (Wildman–Crippen LogP) is 0.900. The predicted molar refractivity (Wildman–Crippen MR) is 80.3 cm³/mol. The topological polar surface area (TPSA) is 98.2 Å². The Morgan fingerprint density at radius 3 is 2.68 bits per heavy atom. The Labute approximate surface area is 128 Å². The summed E-state index contributed by atoms with van der Waals surface area (Å²) >= 11 is 0. The molecule has 22 heavy (non-hydrogen) atoms. The van der Waals surface area contributed by atoms with Crippen molar-refractivity contribution in [3.63, 3.8) is 0 Å². The van der Waals surface area contributed by atoms with Gasteiger partial charge >= 0.3 is 6.09 Å². The molecule has 1 rings (SSSR count). The molecular formula is C14H19N3O5. The molecule has 0 fully saturated rings. The number of nitrogens with zero attached hydrogens (tertiary/aromatic N) is 1. The number of rotatable bonds is 7. The van der Waals surface area contributed by atoms with Gasteiger partial charge in [0.1, 0.15) is 0 Å². The molecule has 0 aliphatic rings. The van der Waals surface area contributed by atoms with Crippen LogP contribution in [0.4, 0.5) is 4.79 Å². The number of hydrogen-bond acceptors (Lipinski definition) is 6. The van der Waals surface area contributed by atoms with Gasteiger partial charge in [-0.1, -0.05) is 0 Å². The highest BCUT2D eigenvalue weighted by atomic mass is 16.5. The van der Waals surface area contributed by atoms with Crippen molar-refractivity contribution in [2.45, 2.75) is 6.92 Å². The maximum atomic E-state index is 11.4. The van der Waals surface area contributed by atoms with Crippen molar-refractivity contribution in [1.29, 1.82) is 0 Å². The van der Waals surface area contributed by atoms with Gasteiger partial charge in [-0.2, -0.15) is 5.10 Å². The highest BCUT2D eigenvalue weighted by molar-refractivity contribution is 5.82. The van der Waals surface area contributed by atoms with Crippen LogP contribution >= 0.6 is 0 Å². The molecule has 2 N–H and O–H groups in total. The first kappa shape index (κ1) is 17.3. The lowest BCUT2D eigenvalue weighted by Gasteiger charge is -2.11. The summed E-state index contributed by atoms with van der Waals surface area (Å²) in [5.41, 5.74) is 2.85. The van der Waals surface area contributed by atoms with Gasteiger partial charge in [-0.05, 0) is 30.7 Å². The monoisotopic (exact) mass is 309 g/mol. The molecule has 0 aliphatic heterocycles. The SMILES string of the molecule is CCNC(=O)COc1ccc(/C=N\NC(=O)OC)cc1OC. The fraction of sp³-hybridized carbons (Fsp3) is 0.357. The average molecular weight is 309 g/mol. The summed E-state index contributed by atoms with van der Waals surface area (Å²) < 4.78 is 15.0. The number of hydrazone groups is 1. The largest absolute Gasteiger partial charge is 0.493 e. The number of nitrogens with one attached hydrogen (secondary N) is 2. The van der Waals surface area contributed by atoms with Crippen LogP contribution in [0.25, 0.3) is 0 Å². The number of carbonyl (C=O) groups is 2. The van der Waals surface area contributed by atoms with Gasteiger partial charge in [0.05, 0.1) is 20.4 Å². The van der Waals surface area contributed by atoms with Crippen LogP contribution in [0.1, 0.15) is 12.5 Å². The van der Waals surface area contributed by atoms with E-state index in [1.807, 2.05) is 6.92 Å². The zero-order valence-electron chi connectivity index (χ0n) is 12.7.